The van der Waals surface area contributed by atoms with Crippen LogP contribution in [0.3, 0.4) is 0 Å². The molecule has 1 N–H and O–H groups in total. The monoisotopic (exact) mass is 276 g/mol. The Morgan fingerprint density at radius 3 is 2.90 bits per heavy atom. The van der Waals surface area contributed by atoms with Gasteiger partial charge in [0.1, 0.15) is 5.82 Å². The van der Waals surface area contributed by atoms with Gasteiger partial charge in [0.2, 0.25) is 5.88 Å². The van der Waals surface area contributed by atoms with Crippen molar-refractivity contribution in [1.82, 2.24) is 10.3 Å². The molecule has 2 aromatic rings. The minimum absolute atomic E-state index is 0.156. The van der Waals surface area contributed by atoms with Gasteiger partial charge in [-0.3, -0.25) is 0 Å². The number of nitrogens with zero attached hydrogens (tertiary/aromatic N) is 1. The largest absolute Gasteiger partial charge is 0.436 e. The Labute approximate surface area is 115 Å². The highest BCUT2D eigenvalue weighted by Gasteiger charge is 2.21. The van der Waals surface area contributed by atoms with Crippen LogP contribution in [0.4, 0.5) is 8.78 Å². The van der Waals surface area contributed by atoms with E-state index >= 15 is 0 Å². The fourth-order valence-electron chi connectivity index (χ4n) is 1.85. The molecule has 3 nitrogen and oxygen atoms in total. The van der Waals surface area contributed by atoms with Gasteiger partial charge in [0.25, 0.3) is 0 Å². The lowest BCUT2D eigenvalue weighted by molar-refractivity contribution is 0.416. The molecular weight excluding hydrogens is 262 g/mol. The van der Waals surface area contributed by atoms with E-state index in [1.54, 1.807) is 12.3 Å². The molecule has 0 atom stereocenters. The van der Waals surface area contributed by atoms with E-state index in [0.29, 0.717) is 18.5 Å². The van der Waals surface area contributed by atoms with Gasteiger partial charge in [-0.15, -0.1) is 0 Å². The summed E-state index contributed by atoms with van der Waals surface area (Å²) in [4.78, 5) is 4.09. The Morgan fingerprint density at radius 1 is 1.25 bits per heavy atom. The highest BCUT2D eigenvalue weighted by atomic mass is 19.1. The van der Waals surface area contributed by atoms with Gasteiger partial charge in [0, 0.05) is 30.4 Å². The van der Waals surface area contributed by atoms with Crippen LogP contribution in [0.1, 0.15) is 18.4 Å². The van der Waals surface area contributed by atoms with Crippen molar-refractivity contribution in [3.63, 3.8) is 0 Å². The zero-order chi connectivity index (χ0) is 13.9. The van der Waals surface area contributed by atoms with Crippen LogP contribution in [0.2, 0.25) is 0 Å². The van der Waals surface area contributed by atoms with E-state index in [1.165, 1.54) is 12.8 Å². The van der Waals surface area contributed by atoms with Gasteiger partial charge < -0.3 is 10.1 Å². The molecule has 0 unspecified atom stereocenters. The summed E-state index contributed by atoms with van der Waals surface area (Å²) in [5.74, 6) is -1.02. The lowest BCUT2D eigenvalue weighted by Crippen LogP contribution is -2.16. The van der Waals surface area contributed by atoms with E-state index in [-0.39, 0.29) is 5.75 Å². The topological polar surface area (TPSA) is 34.1 Å². The van der Waals surface area contributed by atoms with Crippen LogP contribution in [0.15, 0.2) is 36.5 Å². The first-order valence-corrected chi connectivity index (χ1v) is 6.52. The second-order valence-corrected chi connectivity index (χ2v) is 4.80. The van der Waals surface area contributed by atoms with Crippen molar-refractivity contribution in [3.05, 3.63) is 53.7 Å². The first-order valence-electron chi connectivity index (χ1n) is 6.52. The Hall–Kier alpha value is -2.01. The summed E-state index contributed by atoms with van der Waals surface area (Å²) >= 11 is 0. The van der Waals surface area contributed by atoms with E-state index in [2.05, 4.69) is 10.3 Å². The minimum Gasteiger partial charge on any atom is -0.436 e. The van der Waals surface area contributed by atoms with E-state index in [0.717, 1.165) is 23.8 Å². The van der Waals surface area contributed by atoms with Crippen LogP contribution < -0.4 is 10.1 Å². The number of benzene rings is 1. The summed E-state index contributed by atoms with van der Waals surface area (Å²) in [7, 11) is 0. The van der Waals surface area contributed by atoms with Gasteiger partial charge in [0.15, 0.2) is 11.6 Å². The van der Waals surface area contributed by atoms with Gasteiger partial charge >= 0.3 is 0 Å². The van der Waals surface area contributed by atoms with Gasteiger partial charge in [-0.1, -0.05) is 6.07 Å². The molecule has 0 bridgehead atoms. The third-order valence-corrected chi connectivity index (χ3v) is 3.11. The molecule has 0 radical (unpaired) electrons. The molecule has 0 saturated heterocycles. The van der Waals surface area contributed by atoms with Crippen LogP contribution >= 0.6 is 0 Å². The molecule has 5 heteroatoms. The quantitative estimate of drug-likeness (QED) is 0.908. The molecule has 1 aromatic heterocycles. The van der Waals surface area contributed by atoms with Crippen LogP contribution in [0, 0.1) is 11.6 Å². The molecule has 1 saturated carbocycles. The number of hydrogen-bond donors (Lipinski definition) is 1. The number of rotatable bonds is 5. The van der Waals surface area contributed by atoms with Gasteiger partial charge in [0.05, 0.1) is 0 Å². The Morgan fingerprint density at radius 2 is 2.10 bits per heavy atom. The molecule has 0 spiro atoms. The van der Waals surface area contributed by atoms with E-state index < -0.39 is 11.6 Å². The van der Waals surface area contributed by atoms with Gasteiger partial charge in [-0.05, 0) is 31.0 Å². The number of ether oxygens (including phenoxy) is 1. The number of pyridine rings is 1. The van der Waals surface area contributed by atoms with Crippen LogP contribution in [0.25, 0.3) is 0 Å². The first-order chi connectivity index (χ1) is 9.72. The number of halogens is 2. The predicted molar refractivity (Wildman–Crippen MR) is 70.5 cm³/mol. The highest BCUT2D eigenvalue weighted by Crippen LogP contribution is 2.27. The van der Waals surface area contributed by atoms with Crippen molar-refractivity contribution >= 4 is 0 Å². The highest BCUT2D eigenvalue weighted by molar-refractivity contribution is 5.33. The summed E-state index contributed by atoms with van der Waals surface area (Å²) in [5.41, 5.74) is 0.822. The van der Waals surface area contributed by atoms with Gasteiger partial charge in [-0.25, -0.2) is 13.8 Å². The Bertz CT molecular complexity index is 615. The van der Waals surface area contributed by atoms with Crippen LogP contribution in [0.5, 0.6) is 11.6 Å². The van der Waals surface area contributed by atoms with Gasteiger partial charge in [-0.2, -0.15) is 0 Å². The molecule has 1 aliphatic carbocycles. The molecule has 3 rings (SSSR count). The third-order valence-electron chi connectivity index (χ3n) is 3.11. The average molecular weight is 276 g/mol. The average Bonchev–Trinajstić information content (AvgIpc) is 3.26. The molecule has 20 heavy (non-hydrogen) atoms. The Balaban J connectivity index is 1.80. The summed E-state index contributed by atoms with van der Waals surface area (Å²) in [5, 5.41) is 3.34. The summed E-state index contributed by atoms with van der Waals surface area (Å²) in [6.07, 6.45) is 3.91. The summed E-state index contributed by atoms with van der Waals surface area (Å²) in [6, 6.07) is 7.30. The second-order valence-electron chi connectivity index (χ2n) is 4.80. The van der Waals surface area contributed by atoms with Crippen LogP contribution in [-0.4, -0.2) is 11.0 Å². The van der Waals surface area contributed by atoms with Crippen molar-refractivity contribution < 1.29 is 13.5 Å². The van der Waals surface area contributed by atoms with Crippen molar-refractivity contribution in [2.75, 3.05) is 0 Å². The van der Waals surface area contributed by atoms with Crippen molar-refractivity contribution in [3.8, 4) is 11.6 Å². The molecule has 1 heterocycles. The molecule has 0 amide bonds. The zero-order valence-corrected chi connectivity index (χ0v) is 10.8. The fourth-order valence-corrected chi connectivity index (χ4v) is 1.85. The SMILES string of the molecule is Fc1ccc(F)c(Oc2ncccc2CNC2CC2)c1. The smallest absolute Gasteiger partial charge is 0.223 e. The molecule has 0 aliphatic heterocycles. The Kier molecular flexibility index (Phi) is 3.60. The minimum atomic E-state index is -0.613. The number of nitrogens with one attached hydrogen (secondary N) is 1. The molecule has 1 aliphatic rings. The predicted octanol–water partition coefficient (Wildman–Crippen LogP) is 3.40. The lowest BCUT2D eigenvalue weighted by Gasteiger charge is -2.11. The zero-order valence-electron chi connectivity index (χ0n) is 10.8. The summed E-state index contributed by atoms with van der Waals surface area (Å²) in [6.45, 7) is 0.602. The van der Waals surface area contributed by atoms with E-state index in [4.69, 9.17) is 4.74 Å². The maximum absolute atomic E-state index is 13.6. The second kappa shape index (κ2) is 5.54. The standard InChI is InChI=1S/C15H14F2N2O/c16-11-3-6-13(17)14(8-11)20-15-10(2-1-7-18-15)9-19-12-4-5-12/h1-3,6-8,12,19H,4-5,9H2. The van der Waals surface area contributed by atoms with Crippen LogP contribution in [-0.2, 0) is 6.54 Å². The summed E-state index contributed by atoms with van der Waals surface area (Å²) < 4.78 is 32.1. The maximum atomic E-state index is 13.6. The fraction of sp³-hybridized carbons (Fsp3) is 0.267. The number of hydrogen-bond acceptors (Lipinski definition) is 3. The third kappa shape index (κ3) is 3.11. The molecular formula is C15H14F2N2O. The van der Waals surface area contributed by atoms with Crippen molar-refractivity contribution in [1.29, 1.82) is 0 Å². The maximum Gasteiger partial charge on any atom is 0.223 e. The lowest BCUT2D eigenvalue weighted by atomic mass is 10.2. The van der Waals surface area contributed by atoms with Crippen molar-refractivity contribution in [2.24, 2.45) is 0 Å². The van der Waals surface area contributed by atoms with E-state index in [9.17, 15) is 8.78 Å². The molecule has 1 aromatic carbocycles. The number of aromatic nitrogens is 1. The van der Waals surface area contributed by atoms with Crippen molar-refractivity contribution in [2.45, 2.75) is 25.4 Å². The molecule has 104 valence electrons. The van der Waals surface area contributed by atoms with E-state index in [1.807, 2.05) is 6.07 Å². The first kappa shape index (κ1) is 13.0. The normalized spacial score (nSPS) is 14.3. The molecule has 1 fully saturated rings.